The lowest BCUT2D eigenvalue weighted by molar-refractivity contribution is -0.384. The molecule has 0 aromatic heterocycles. The van der Waals surface area contributed by atoms with Gasteiger partial charge in [0.2, 0.25) is 5.91 Å². The summed E-state index contributed by atoms with van der Waals surface area (Å²) in [6.07, 6.45) is 0. The number of nitro benzene ring substituents is 1. The molecule has 2 heterocycles. The number of esters is 1. The molecule has 10 heteroatoms. The summed E-state index contributed by atoms with van der Waals surface area (Å²) >= 11 is 7.89. The van der Waals surface area contributed by atoms with Gasteiger partial charge in [0, 0.05) is 17.9 Å². The Bertz CT molecular complexity index is 726. The molecular weight excluding hydrogens is 370 g/mol. The number of halogens is 1. The maximum Gasteiger partial charge on any atom is 0.331 e. The fourth-order valence-corrected chi connectivity index (χ4v) is 4.64. The van der Waals surface area contributed by atoms with E-state index >= 15 is 0 Å². The molecule has 0 saturated carbocycles. The first-order valence-corrected chi connectivity index (χ1v) is 8.93. The first kappa shape index (κ1) is 18.0. The van der Waals surface area contributed by atoms with Crippen LogP contribution in [0.15, 0.2) is 24.3 Å². The van der Waals surface area contributed by atoms with E-state index in [0.29, 0.717) is 11.3 Å². The Hall–Kier alpha value is -1.84. The van der Waals surface area contributed by atoms with Gasteiger partial charge in [-0.05, 0) is 24.6 Å². The van der Waals surface area contributed by atoms with E-state index in [2.05, 4.69) is 0 Å². The summed E-state index contributed by atoms with van der Waals surface area (Å²) in [4.78, 5) is 35.2. The number of rotatable bonds is 4. The van der Waals surface area contributed by atoms with Crippen LogP contribution in [0.1, 0.15) is 12.5 Å². The van der Waals surface area contributed by atoms with E-state index in [4.69, 9.17) is 22.1 Å². The molecule has 0 aliphatic carbocycles. The number of nitrogens with two attached hydrogens (primary N) is 1. The SMILES string of the molecule is C[C@@]1(Cl)CS[C@H]2[C@H](N)C(=O)N2[C@H]1C(=O)OCc1ccc([N+](=O)[O-])cc1. The van der Waals surface area contributed by atoms with Crippen molar-refractivity contribution in [3.05, 3.63) is 39.9 Å². The van der Waals surface area contributed by atoms with E-state index in [9.17, 15) is 19.7 Å². The molecule has 0 spiro atoms. The number of fused-ring (bicyclic) bond motifs is 1. The molecule has 2 N–H and O–H groups in total. The normalized spacial score (nSPS) is 31.1. The monoisotopic (exact) mass is 385 g/mol. The molecule has 1 aromatic carbocycles. The van der Waals surface area contributed by atoms with Crippen LogP contribution >= 0.6 is 23.4 Å². The molecule has 8 nitrogen and oxygen atoms in total. The standard InChI is InChI=1S/C15H16ClN3O5S/c1-15(16)7-25-13-10(17)12(20)18(13)11(15)14(21)24-6-8-2-4-9(5-3-8)19(22)23/h2-5,10-11,13H,6-7,17H2,1H3/t10-,11+,13+,15-/m1/s1. The number of alkyl halides is 1. The molecule has 1 amide bonds. The predicted octanol–water partition coefficient (Wildman–Crippen LogP) is 1.25. The lowest BCUT2D eigenvalue weighted by atomic mass is 9.94. The molecule has 3 rings (SSSR count). The molecule has 1 aromatic rings. The summed E-state index contributed by atoms with van der Waals surface area (Å²) in [5, 5.41) is 10.4. The maximum atomic E-state index is 12.5. The Morgan fingerprint density at radius 2 is 2.16 bits per heavy atom. The molecule has 4 atom stereocenters. The van der Waals surface area contributed by atoms with Crippen molar-refractivity contribution in [3.8, 4) is 0 Å². The van der Waals surface area contributed by atoms with Crippen LogP contribution in [0.2, 0.25) is 0 Å². The van der Waals surface area contributed by atoms with Gasteiger partial charge in [-0.2, -0.15) is 0 Å². The van der Waals surface area contributed by atoms with Crippen molar-refractivity contribution in [1.82, 2.24) is 4.90 Å². The second-order valence-electron chi connectivity index (χ2n) is 6.18. The summed E-state index contributed by atoms with van der Waals surface area (Å²) in [5.74, 6) is -0.462. The van der Waals surface area contributed by atoms with Crippen LogP contribution in [-0.2, 0) is 20.9 Å². The van der Waals surface area contributed by atoms with Crippen LogP contribution in [0.25, 0.3) is 0 Å². The number of benzene rings is 1. The third-order valence-corrected chi connectivity index (χ3v) is 6.38. The lowest BCUT2D eigenvalue weighted by Crippen LogP contribution is -2.77. The topological polar surface area (TPSA) is 116 Å². The number of non-ortho nitro benzene ring substituents is 1. The van der Waals surface area contributed by atoms with Crippen LogP contribution in [-0.4, -0.2) is 49.8 Å². The zero-order chi connectivity index (χ0) is 18.4. The number of hydrogen-bond acceptors (Lipinski definition) is 7. The fraction of sp³-hybridized carbons (Fsp3) is 0.467. The zero-order valence-electron chi connectivity index (χ0n) is 13.3. The third kappa shape index (κ3) is 3.19. The molecule has 2 fully saturated rings. The molecule has 25 heavy (non-hydrogen) atoms. The van der Waals surface area contributed by atoms with Gasteiger partial charge in [-0.1, -0.05) is 0 Å². The highest BCUT2D eigenvalue weighted by atomic mass is 35.5. The number of β-lactam (4-membered cyclic amide) rings is 1. The summed E-state index contributed by atoms with van der Waals surface area (Å²) < 4.78 is 5.30. The molecule has 0 bridgehead atoms. The van der Waals surface area contributed by atoms with E-state index < -0.39 is 27.9 Å². The molecule has 2 saturated heterocycles. The van der Waals surface area contributed by atoms with Crippen molar-refractivity contribution < 1.29 is 19.2 Å². The van der Waals surface area contributed by atoms with Gasteiger partial charge in [-0.15, -0.1) is 23.4 Å². The minimum atomic E-state index is -0.955. The van der Waals surface area contributed by atoms with Crippen LogP contribution in [0.5, 0.6) is 0 Å². The second-order valence-corrected chi connectivity index (χ2v) is 8.15. The number of carbonyl (C=O) groups excluding carboxylic acids is 2. The van der Waals surface area contributed by atoms with Gasteiger partial charge < -0.3 is 15.4 Å². The first-order valence-electron chi connectivity index (χ1n) is 7.50. The number of thioether (sulfide) groups is 1. The van der Waals surface area contributed by atoms with Crippen molar-refractivity contribution in [2.45, 2.75) is 35.9 Å². The Morgan fingerprint density at radius 3 is 2.76 bits per heavy atom. The maximum absolute atomic E-state index is 12.5. The number of nitrogens with zero attached hydrogens (tertiary/aromatic N) is 2. The lowest BCUT2D eigenvalue weighted by Gasteiger charge is -2.55. The number of ether oxygens (including phenoxy) is 1. The largest absolute Gasteiger partial charge is 0.459 e. The van der Waals surface area contributed by atoms with Crippen molar-refractivity contribution in [1.29, 1.82) is 0 Å². The fourth-order valence-electron chi connectivity index (χ4n) is 2.89. The second kappa shape index (κ2) is 6.47. The highest BCUT2D eigenvalue weighted by Crippen LogP contribution is 2.44. The molecule has 2 aliphatic heterocycles. The highest BCUT2D eigenvalue weighted by molar-refractivity contribution is 8.00. The molecule has 0 radical (unpaired) electrons. The van der Waals surface area contributed by atoms with Gasteiger partial charge in [0.05, 0.1) is 9.80 Å². The summed E-state index contributed by atoms with van der Waals surface area (Å²) in [7, 11) is 0. The van der Waals surface area contributed by atoms with Gasteiger partial charge in [-0.25, -0.2) is 4.79 Å². The first-order chi connectivity index (χ1) is 11.7. The van der Waals surface area contributed by atoms with Crippen molar-refractivity contribution in [2.75, 3.05) is 5.75 Å². The third-order valence-electron chi connectivity index (χ3n) is 4.26. The van der Waals surface area contributed by atoms with Crippen molar-refractivity contribution in [2.24, 2.45) is 5.73 Å². The van der Waals surface area contributed by atoms with E-state index in [1.54, 1.807) is 6.92 Å². The molecule has 2 aliphatic rings. The van der Waals surface area contributed by atoms with Gasteiger partial charge in [-0.3, -0.25) is 14.9 Å². The number of nitro groups is 1. The van der Waals surface area contributed by atoms with Crippen molar-refractivity contribution in [3.63, 3.8) is 0 Å². The molecule has 134 valence electrons. The van der Waals surface area contributed by atoms with Gasteiger partial charge in [0.25, 0.3) is 5.69 Å². The Labute approximate surface area is 152 Å². The van der Waals surface area contributed by atoms with E-state index in [1.807, 2.05) is 0 Å². The summed E-state index contributed by atoms with van der Waals surface area (Å²) in [6, 6.07) is 4.15. The quantitative estimate of drug-likeness (QED) is 0.272. The average molecular weight is 386 g/mol. The van der Waals surface area contributed by atoms with Crippen LogP contribution in [0.3, 0.4) is 0 Å². The Kier molecular flexibility index (Phi) is 4.65. The average Bonchev–Trinajstić information content (AvgIpc) is 2.58. The van der Waals surface area contributed by atoms with Gasteiger partial charge in [0.1, 0.15) is 18.0 Å². The summed E-state index contributed by atoms with van der Waals surface area (Å²) in [5.41, 5.74) is 6.32. The predicted molar refractivity (Wildman–Crippen MR) is 92.0 cm³/mol. The van der Waals surface area contributed by atoms with Crippen LogP contribution in [0.4, 0.5) is 5.69 Å². The molecule has 0 unspecified atom stereocenters. The number of amides is 1. The van der Waals surface area contributed by atoms with Crippen LogP contribution < -0.4 is 5.73 Å². The van der Waals surface area contributed by atoms with Gasteiger partial charge in [0.15, 0.2) is 6.04 Å². The minimum absolute atomic E-state index is 0.0456. The zero-order valence-corrected chi connectivity index (χ0v) is 14.8. The Morgan fingerprint density at radius 1 is 1.52 bits per heavy atom. The number of hydrogen-bond donors (Lipinski definition) is 1. The minimum Gasteiger partial charge on any atom is -0.459 e. The molecular formula is C15H16ClN3O5S. The van der Waals surface area contributed by atoms with E-state index in [0.717, 1.165) is 0 Å². The smallest absolute Gasteiger partial charge is 0.331 e. The number of carbonyl (C=O) groups is 2. The van der Waals surface area contributed by atoms with Crippen molar-refractivity contribution >= 4 is 40.9 Å². The van der Waals surface area contributed by atoms with Gasteiger partial charge >= 0.3 is 5.97 Å². The summed E-state index contributed by atoms with van der Waals surface area (Å²) in [6.45, 7) is 1.62. The van der Waals surface area contributed by atoms with E-state index in [1.165, 1.54) is 40.9 Å². The Balaban J connectivity index is 1.68. The van der Waals surface area contributed by atoms with Crippen LogP contribution in [0, 0.1) is 10.1 Å². The highest BCUT2D eigenvalue weighted by Gasteiger charge is 2.60. The van der Waals surface area contributed by atoms with E-state index in [-0.39, 0.29) is 23.6 Å².